The fourth-order valence-electron chi connectivity index (χ4n) is 1.67. The fourth-order valence-corrected chi connectivity index (χ4v) is 2.42. The Bertz CT molecular complexity index is 597. The third kappa shape index (κ3) is 2.23. The molecule has 84 valence electrons. The Balaban J connectivity index is 2.53. The van der Waals surface area contributed by atoms with Crippen LogP contribution in [0.2, 0.25) is 0 Å². The zero-order valence-electron chi connectivity index (χ0n) is 8.88. The van der Waals surface area contributed by atoms with Crippen molar-refractivity contribution in [1.29, 1.82) is 0 Å². The highest BCUT2D eigenvalue weighted by Crippen LogP contribution is 2.20. The van der Waals surface area contributed by atoms with Gasteiger partial charge in [-0.05, 0) is 16.3 Å². The van der Waals surface area contributed by atoms with Crippen LogP contribution in [-0.4, -0.2) is 15.5 Å². The van der Waals surface area contributed by atoms with Crippen molar-refractivity contribution in [2.75, 3.05) is 7.11 Å². The lowest BCUT2D eigenvalue weighted by molar-refractivity contribution is 0.397. The summed E-state index contributed by atoms with van der Waals surface area (Å²) >= 11 is 0. The summed E-state index contributed by atoms with van der Waals surface area (Å²) in [6.07, 6.45) is 0. The molecule has 2 rings (SSSR count). The molecule has 0 N–H and O–H groups in total. The molecule has 3 nitrogen and oxygen atoms in total. The largest absolute Gasteiger partial charge is 0.273 e. The molecule has 2 aromatic rings. The highest BCUT2D eigenvalue weighted by atomic mass is 32.2. The van der Waals surface area contributed by atoms with Gasteiger partial charge in [0.25, 0.3) is 10.1 Å². The lowest BCUT2D eigenvalue weighted by Crippen LogP contribution is -2.05. The minimum Gasteiger partial charge on any atom is -0.273 e. The molecule has 16 heavy (non-hydrogen) atoms. The zero-order valence-corrected chi connectivity index (χ0v) is 9.70. The van der Waals surface area contributed by atoms with E-state index in [1.54, 1.807) is 6.07 Å². The van der Waals surface area contributed by atoms with Crippen LogP contribution in [0.25, 0.3) is 10.8 Å². The Morgan fingerprint density at radius 1 is 1.06 bits per heavy atom. The summed E-state index contributed by atoms with van der Waals surface area (Å²) < 4.78 is 27.2. The monoisotopic (exact) mass is 236 g/mol. The van der Waals surface area contributed by atoms with Gasteiger partial charge in [-0.2, -0.15) is 8.42 Å². The summed E-state index contributed by atoms with van der Waals surface area (Å²) in [6.45, 7) is 0. The second-order valence-electron chi connectivity index (χ2n) is 3.51. The Morgan fingerprint density at radius 2 is 1.75 bits per heavy atom. The first-order chi connectivity index (χ1) is 7.62. The van der Waals surface area contributed by atoms with Gasteiger partial charge in [-0.15, -0.1) is 0 Å². The molecule has 0 aliphatic rings. The zero-order chi connectivity index (χ0) is 11.6. The van der Waals surface area contributed by atoms with Crippen molar-refractivity contribution >= 4 is 20.9 Å². The highest BCUT2D eigenvalue weighted by Gasteiger charge is 2.11. The Labute approximate surface area is 94.8 Å². The van der Waals surface area contributed by atoms with Gasteiger partial charge in [-0.25, -0.2) is 0 Å². The lowest BCUT2D eigenvalue weighted by atomic mass is 10.1. The second-order valence-corrected chi connectivity index (χ2v) is 5.24. The molecular formula is C12H12O3S. The summed E-state index contributed by atoms with van der Waals surface area (Å²) in [4.78, 5) is 0. The normalized spacial score (nSPS) is 11.8. The van der Waals surface area contributed by atoms with Crippen LogP contribution in [0.15, 0.2) is 42.5 Å². The van der Waals surface area contributed by atoms with Gasteiger partial charge in [-0.3, -0.25) is 4.18 Å². The average molecular weight is 236 g/mol. The highest BCUT2D eigenvalue weighted by molar-refractivity contribution is 7.85. The molecule has 0 atom stereocenters. The van der Waals surface area contributed by atoms with Crippen molar-refractivity contribution in [3.63, 3.8) is 0 Å². The molecule has 2 aromatic carbocycles. The third-order valence-electron chi connectivity index (χ3n) is 2.47. The molecule has 0 heterocycles. The molecule has 0 aliphatic carbocycles. The lowest BCUT2D eigenvalue weighted by Gasteiger charge is -2.05. The quantitative estimate of drug-likeness (QED) is 0.768. The number of rotatable bonds is 3. The van der Waals surface area contributed by atoms with E-state index in [0.717, 1.165) is 16.3 Å². The number of hydrogen-bond acceptors (Lipinski definition) is 3. The predicted molar refractivity (Wildman–Crippen MR) is 63.6 cm³/mol. The molecule has 0 saturated heterocycles. The Kier molecular flexibility index (Phi) is 2.94. The smallest absolute Gasteiger partial charge is 0.271 e. The fraction of sp³-hybridized carbons (Fsp3) is 0.167. The third-order valence-corrected chi connectivity index (χ3v) is 3.64. The van der Waals surface area contributed by atoms with Gasteiger partial charge in [0.05, 0.1) is 7.11 Å². The van der Waals surface area contributed by atoms with Crippen molar-refractivity contribution in [3.8, 4) is 0 Å². The van der Waals surface area contributed by atoms with E-state index in [2.05, 4.69) is 4.18 Å². The minimum atomic E-state index is -3.46. The van der Waals surface area contributed by atoms with E-state index in [-0.39, 0.29) is 5.75 Å². The molecule has 0 spiro atoms. The van der Waals surface area contributed by atoms with E-state index in [4.69, 9.17) is 0 Å². The standard InChI is InChI=1S/C12H12O3S/c1-15-16(13,14)9-11-7-4-6-10-5-2-3-8-12(10)11/h2-8H,9H2,1H3. The van der Waals surface area contributed by atoms with Gasteiger partial charge >= 0.3 is 0 Å². The first kappa shape index (κ1) is 11.1. The van der Waals surface area contributed by atoms with Crippen molar-refractivity contribution in [2.24, 2.45) is 0 Å². The van der Waals surface area contributed by atoms with Crippen LogP contribution < -0.4 is 0 Å². The number of hydrogen-bond donors (Lipinski definition) is 0. The topological polar surface area (TPSA) is 43.4 Å². The van der Waals surface area contributed by atoms with Gasteiger partial charge in [0.15, 0.2) is 0 Å². The van der Waals surface area contributed by atoms with E-state index >= 15 is 0 Å². The van der Waals surface area contributed by atoms with E-state index in [0.29, 0.717) is 0 Å². The summed E-state index contributed by atoms with van der Waals surface area (Å²) in [5.41, 5.74) is 0.764. The maximum Gasteiger partial charge on any atom is 0.271 e. The molecule has 0 radical (unpaired) electrons. The molecule has 0 aromatic heterocycles. The SMILES string of the molecule is COS(=O)(=O)Cc1cccc2ccccc12. The first-order valence-electron chi connectivity index (χ1n) is 4.87. The molecule has 0 fully saturated rings. The Hall–Kier alpha value is -1.39. The molecule has 0 amide bonds. The molecule has 0 aliphatic heterocycles. The average Bonchev–Trinajstić information content (AvgIpc) is 2.29. The van der Waals surface area contributed by atoms with Crippen LogP contribution in [-0.2, 0) is 20.1 Å². The van der Waals surface area contributed by atoms with Crippen LogP contribution in [0.5, 0.6) is 0 Å². The second kappa shape index (κ2) is 4.23. The van der Waals surface area contributed by atoms with Crippen LogP contribution in [0.1, 0.15) is 5.56 Å². The predicted octanol–water partition coefficient (Wildman–Crippen LogP) is 2.32. The van der Waals surface area contributed by atoms with E-state index in [1.165, 1.54) is 7.11 Å². The molecule has 4 heteroatoms. The van der Waals surface area contributed by atoms with Gasteiger partial charge in [0.1, 0.15) is 5.75 Å². The van der Waals surface area contributed by atoms with Crippen LogP contribution >= 0.6 is 0 Å². The Morgan fingerprint density at radius 3 is 2.50 bits per heavy atom. The van der Waals surface area contributed by atoms with Crippen molar-refractivity contribution in [2.45, 2.75) is 5.75 Å². The number of benzene rings is 2. The maximum atomic E-state index is 11.4. The van der Waals surface area contributed by atoms with Crippen molar-refractivity contribution in [3.05, 3.63) is 48.0 Å². The first-order valence-corrected chi connectivity index (χ1v) is 6.45. The summed E-state index contributed by atoms with van der Waals surface area (Å²) in [7, 11) is -2.28. The number of fused-ring (bicyclic) bond motifs is 1. The maximum absolute atomic E-state index is 11.4. The molecule has 0 saturated carbocycles. The van der Waals surface area contributed by atoms with E-state index in [1.807, 2.05) is 36.4 Å². The molecule has 0 unspecified atom stereocenters. The molecule has 0 bridgehead atoms. The summed E-state index contributed by atoms with van der Waals surface area (Å²) in [5, 5.41) is 1.98. The van der Waals surface area contributed by atoms with Crippen molar-refractivity contribution in [1.82, 2.24) is 0 Å². The van der Waals surface area contributed by atoms with Gasteiger partial charge in [-0.1, -0.05) is 42.5 Å². The van der Waals surface area contributed by atoms with Crippen molar-refractivity contribution < 1.29 is 12.6 Å². The molecular weight excluding hydrogens is 224 g/mol. The van der Waals surface area contributed by atoms with Gasteiger partial charge in [0, 0.05) is 0 Å². The minimum absolute atomic E-state index is 0.0924. The summed E-state index contributed by atoms with van der Waals surface area (Å²) in [6, 6.07) is 13.3. The van der Waals surface area contributed by atoms with Crippen LogP contribution in [0.4, 0.5) is 0 Å². The van der Waals surface area contributed by atoms with Gasteiger partial charge in [0.2, 0.25) is 0 Å². The van der Waals surface area contributed by atoms with Gasteiger partial charge < -0.3 is 0 Å². The van der Waals surface area contributed by atoms with E-state index in [9.17, 15) is 8.42 Å². The van der Waals surface area contributed by atoms with E-state index < -0.39 is 10.1 Å². The van der Waals surface area contributed by atoms with Crippen LogP contribution in [0.3, 0.4) is 0 Å². The summed E-state index contributed by atoms with van der Waals surface area (Å²) in [5.74, 6) is -0.0924. The van der Waals surface area contributed by atoms with Crippen LogP contribution in [0, 0.1) is 0 Å².